The molecule has 1 aromatic rings. The van der Waals surface area contributed by atoms with E-state index in [-0.39, 0.29) is 0 Å². The van der Waals surface area contributed by atoms with Gasteiger partial charge in [0.25, 0.3) is 0 Å². The molecular weight excluding hydrogens is 162 g/mol. The van der Waals surface area contributed by atoms with Crippen molar-refractivity contribution in [1.29, 1.82) is 0 Å². The van der Waals surface area contributed by atoms with E-state index in [4.69, 9.17) is 4.74 Å². The molecule has 0 aliphatic carbocycles. The van der Waals surface area contributed by atoms with Gasteiger partial charge in [0.15, 0.2) is 0 Å². The SMILES string of the molecule is CCOCCCCc1ccccn1. The summed E-state index contributed by atoms with van der Waals surface area (Å²) < 4.78 is 5.25. The first-order valence-corrected chi connectivity index (χ1v) is 4.91. The normalized spacial score (nSPS) is 10.2. The van der Waals surface area contributed by atoms with Crippen LogP contribution in [-0.2, 0) is 11.2 Å². The lowest BCUT2D eigenvalue weighted by molar-refractivity contribution is 0.143. The highest BCUT2D eigenvalue weighted by atomic mass is 16.5. The van der Waals surface area contributed by atoms with Crippen LogP contribution in [0.3, 0.4) is 0 Å². The summed E-state index contributed by atoms with van der Waals surface area (Å²) in [4.78, 5) is 4.26. The number of rotatable bonds is 6. The smallest absolute Gasteiger partial charge is 0.0466 e. The Balaban J connectivity index is 2.07. The van der Waals surface area contributed by atoms with Crippen molar-refractivity contribution in [3.05, 3.63) is 30.1 Å². The predicted octanol–water partition coefficient (Wildman–Crippen LogP) is 2.44. The molecule has 0 spiro atoms. The summed E-state index contributed by atoms with van der Waals surface area (Å²) >= 11 is 0. The molecule has 0 atom stereocenters. The standard InChI is InChI=1S/C11H17NO/c1-2-13-10-6-4-8-11-7-3-5-9-12-11/h3,5,7,9H,2,4,6,8,10H2,1H3. The van der Waals surface area contributed by atoms with Crippen LogP contribution in [0.2, 0.25) is 0 Å². The lowest BCUT2D eigenvalue weighted by atomic mass is 10.2. The van der Waals surface area contributed by atoms with E-state index >= 15 is 0 Å². The molecule has 0 N–H and O–H groups in total. The Bertz CT molecular complexity index is 211. The van der Waals surface area contributed by atoms with E-state index in [1.54, 1.807) is 0 Å². The maximum absolute atomic E-state index is 5.25. The summed E-state index contributed by atoms with van der Waals surface area (Å²) in [6.07, 6.45) is 5.20. The third-order valence-electron chi connectivity index (χ3n) is 1.90. The van der Waals surface area contributed by atoms with Crippen LogP contribution in [0.5, 0.6) is 0 Å². The minimum Gasteiger partial charge on any atom is -0.382 e. The van der Waals surface area contributed by atoms with Crippen LogP contribution in [0, 0.1) is 0 Å². The van der Waals surface area contributed by atoms with Crippen molar-refractivity contribution in [3.8, 4) is 0 Å². The van der Waals surface area contributed by atoms with Gasteiger partial charge in [-0.25, -0.2) is 0 Å². The number of hydrogen-bond donors (Lipinski definition) is 0. The molecule has 2 nitrogen and oxygen atoms in total. The first-order chi connectivity index (χ1) is 6.43. The molecular formula is C11H17NO. The quantitative estimate of drug-likeness (QED) is 0.626. The molecule has 0 bridgehead atoms. The van der Waals surface area contributed by atoms with E-state index < -0.39 is 0 Å². The fourth-order valence-electron chi connectivity index (χ4n) is 1.20. The Morgan fingerprint density at radius 3 is 2.92 bits per heavy atom. The van der Waals surface area contributed by atoms with Gasteiger partial charge in [-0.3, -0.25) is 4.98 Å². The lowest BCUT2D eigenvalue weighted by Gasteiger charge is -2.00. The van der Waals surface area contributed by atoms with Crippen molar-refractivity contribution >= 4 is 0 Å². The van der Waals surface area contributed by atoms with Crippen molar-refractivity contribution in [2.24, 2.45) is 0 Å². The van der Waals surface area contributed by atoms with E-state index in [9.17, 15) is 0 Å². The second-order valence-electron chi connectivity index (χ2n) is 2.98. The Hall–Kier alpha value is -0.890. The molecule has 2 heteroatoms. The van der Waals surface area contributed by atoms with Gasteiger partial charge in [0.1, 0.15) is 0 Å². The second kappa shape index (κ2) is 6.61. The zero-order valence-electron chi connectivity index (χ0n) is 8.20. The molecule has 0 fully saturated rings. The van der Waals surface area contributed by atoms with Crippen LogP contribution in [0.4, 0.5) is 0 Å². The number of aromatic nitrogens is 1. The second-order valence-corrected chi connectivity index (χ2v) is 2.98. The summed E-state index contributed by atoms with van der Waals surface area (Å²) in [5.74, 6) is 0. The van der Waals surface area contributed by atoms with Gasteiger partial charge in [0.2, 0.25) is 0 Å². The van der Waals surface area contributed by atoms with Crippen LogP contribution in [-0.4, -0.2) is 18.2 Å². The molecule has 0 aromatic carbocycles. The molecule has 0 radical (unpaired) electrons. The van der Waals surface area contributed by atoms with Crippen molar-refractivity contribution in [2.45, 2.75) is 26.2 Å². The van der Waals surface area contributed by atoms with Crippen LogP contribution in [0.25, 0.3) is 0 Å². The summed E-state index contributed by atoms with van der Waals surface area (Å²) in [5, 5.41) is 0. The third kappa shape index (κ3) is 4.63. The first kappa shape index (κ1) is 10.2. The highest BCUT2D eigenvalue weighted by Crippen LogP contribution is 2.00. The maximum atomic E-state index is 5.25. The Labute approximate surface area is 80.0 Å². The molecule has 0 saturated heterocycles. The number of nitrogens with zero attached hydrogens (tertiary/aromatic N) is 1. The maximum Gasteiger partial charge on any atom is 0.0466 e. The average molecular weight is 179 g/mol. The van der Waals surface area contributed by atoms with Crippen molar-refractivity contribution in [3.63, 3.8) is 0 Å². The topological polar surface area (TPSA) is 22.1 Å². The summed E-state index contributed by atoms with van der Waals surface area (Å²) in [6, 6.07) is 6.05. The van der Waals surface area contributed by atoms with Crippen LogP contribution < -0.4 is 0 Å². The fourth-order valence-corrected chi connectivity index (χ4v) is 1.20. The monoisotopic (exact) mass is 179 g/mol. The van der Waals surface area contributed by atoms with Gasteiger partial charge in [0, 0.05) is 25.1 Å². The van der Waals surface area contributed by atoms with Gasteiger partial charge in [-0.2, -0.15) is 0 Å². The molecule has 0 unspecified atom stereocenters. The number of aryl methyl sites for hydroxylation is 1. The van der Waals surface area contributed by atoms with E-state index in [1.165, 1.54) is 5.69 Å². The summed E-state index contributed by atoms with van der Waals surface area (Å²) in [5.41, 5.74) is 1.18. The molecule has 0 saturated carbocycles. The van der Waals surface area contributed by atoms with Crippen molar-refractivity contribution in [1.82, 2.24) is 4.98 Å². The van der Waals surface area contributed by atoms with E-state index in [2.05, 4.69) is 11.1 Å². The molecule has 13 heavy (non-hydrogen) atoms. The number of ether oxygens (including phenoxy) is 1. The Kier molecular flexibility index (Phi) is 5.18. The van der Waals surface area contributed by atoms with Crippen molar-refractivity contribution in [2.75, 3.05) is 13.2 Å². The lowest BCUT2D eigenvalue weighted by Crippen LogP contribution is -1.95. The minimum absolute atomic E-state index is 0.823. The molecule has 0 aliphatic rings. The van der Waals surface area contributed by atoms with Gasteiger partial charge in [0.05, 0.1) is 0 Å². The zero-order chi connectivity index (χ0) is 9.36. The average Bonchev–Trinajstić information content (AvgIpc) is 2.19. The minimum atomic E-state index is 0.823. The Morgan fingerprint density at radius 1 is 1.31 bits per heavy atom. The highest BCUT2D eigenvalue weighted by Gasteiger charge is 1.92. The first-order valence-electron chi connectivity index (χ1n) is 4.91. The Morgan fingerprint density at radius 2 is 2.23 bits per heavy atom. The molecule has 0 aliphatic heterocycles. The molecule has 1 heterocycles. The molecule has 0 amide bonds. The van der Waals surface area contributed by atoms with Gasteiger partial charge in [-0.1, -0.05) is 6.07 Å². The summed E-state index contributed by atoms with van der Waals surface area (Å²) in [6.45, 7) is 3.73. The largest absolute Gasteiger partial charge is 0.382 e. The van der Waals surface area contributed by atoms with E-state index in [1.807, 2.05) is 25.3 Å². The summed E-state index contributed by atoms with van der Waals surface area (Å²) in [7, 11) is 0. The molecule has 1 rings (SSSR count). The number of hydrogen-bond acceptors (Lipinski definition) is 2. The van der Waals surface area contributed by atoms with E-state index in [0.717, 1.165) is 32.5 Å². The van der Waals surface area contributed by atoms with Gasteiger partial charge >= 0.3 is 0 Å². The van der Waals surface area contributed by atoms with Gasteiger partial charge in [-0.15, -0.1) is 0 Å². The van der Waals surface area contributed by atoms with Crippen molar-refractivity contribution < 1.29 is 4.74 Å². The number of unbranched alkanes of at least 4 members (excludes halogenated alkanes) is 1. The highest BCUT2D eigenvalue weighted by molar-refractivity contribution is 5.03. The zero-order valence-corrected chi connectivity index (χ0v) is 8.20. The fraction of sp³-hybridized carbons (Fsp3) is 0.545. The predicted molar refractivity (Wildman–Crippen MR) is 53.7 cm³/mol. The van der Waals surface area contributed by atoms with Gasteiger partial charge < -0.3 is 4.74 Å². The van der Waals surface area contributed by atoms with Gasteiger partial charge in [-0.05, 0) is 38.3 Å². The molecule has 1 aromatic heterocycles. The third-order valence-corrected chi connectivity index (χ3v) is 1.90. The van der Waals surface area contributed by atoms with Crippen LogP contribution in [0.1, 0.15) is 25.5 Å². The molecule has 72 valence electrons. The van der Waals surface area contributed by atoms with Crippen LogP contribution >= 0.6 is 0 Å². The number of pyridine rings is 1. The van der Waals surface area contributed by atoms with E-state index in [0.29, 0.717) is 0 Å². The van der Waals surface area contributed by atoms with Crippen LogP contribution in [0.15, 0.2) is 24.4 Å².